The van der Waals surface area contributed by atoms with Gasteiger partial charge in [0.05, 0.1) is 4.90 Å². The predicted molar refractivity (Wildman–Crippen MR) is 121 cm³/mol. The summed E-state index contributed by atoms with van der Waals surface area (Å²) in [7, 11) is -3.60. The van der Waals surface area contributed by atoms with Crippen molar-refractivity contribution in [3.05, 3.63) is 84.4 Å². The Kier molecular flexibility index (Phi) is 7.44. The highest BCUT2D eigenvalue weighted by molar-refractivity contribution is 7.89. The first-order valence-electron chi connectivity index (χ1n) is 10.0. The first-order valence-corrected chi connectivity index (χ1v) is 11.5. The van der Waals surface area contributed by atoms with Crippen LogP contribution in [0.4, 0.5) is 0 Å². The van der Waals surface area contributed by atoms with E-state index in [1.54, 1.807) is 31.2 Å². The van der Waals surface area contributed by atoms with Gasteiger partial charge in [0.1, 0.15) is 5.75 Å². The summed E-state index contributed by atoms with van der Waals surface area (Å²) in [5, 5.41) is 2.68. The van der Waals surface area contributed by atoms with Gasteiger partial charge in [-0.15, -0.1) is 0 Å². The van der Waals surface area contributed by atoms with Crippen molar-refractivity contribution in [2.75, 3.05) is 13.1 Å². The van der Waals surface area contributed by atoms with Gasteiger partial charge in [-0.3, -0.25) is 4.79 Å². The average molecular weight is 439 g/mol. The number of sulfonamides is 1. The van der Waals surface area contributed by atoms with Gasteiger partial charge in [-0.1, -0.05) is 60.2 Å². The molecule has 6 nitrogen and oxygen atoms in total. The predicted octanol–water partition coefficient (Wildman–Crippen LogP) is 3.52. The number of rotatable bonds is 9. The molecule has 0 aliphatic heterocycles. The van der Waals surface area contributed by atoms with Crippen LogP contribution in [0.15, 0.2) is 83.8 Å². The van der Waals surface area contributed by atoms with Crippen LogP contribution in [0.25, 0.3) is 11.1 Å². The molecule has 3 aromatic rings. The Balaban J connectivity index is 1.45. The molecule has 0 saturated carbocycles. The summed E-state index contributed by atoms with van der Waals surface area (Å²) in [5.74, 6) is 0.268. The molecule has 1 unspecified atom stereocenters. The van der Waals surface area contributed by atoms with E-state index in [2.05, 4.69) is 10.0 Å². The lowest BCUT2D eigenvalue weighted by Crippen LogP contribution is -2.40. The van der Waals surface area contributed by atoms with Gasteiger partial charge in [-0.05, 0) is 49.2 Å². The summed E-state index contributed by atoms with van der Waals surface area (Å²) in [6.07, 6.45) is -0.712. The van der Waals surface area contributed by atoms with Crippen LogP contribution in [0, 0.1) is 6.92 Å². The van der Waals surface area contributed by atoms with E-state index in [-0.39, 0.29) is 23.9 Å². The number of carbonyl (C=O) groups is 1. The number of aryl methyl sites for hydroxylation is 1. The lowest BCUT2D eigenvalue weighted by Gasteiger charge is -2.15. The number of amides is 1. The van der Waals surface area contributed by atoms with E-state index in [1.807, 2.05) is 61.5 Å². The van der Waals surface area contributed by atoms with Crippen molar-refractivity contribution in [3.8, 4) is 16.9 Å². The number of nitrogens with one attached hydrogen (secondary N) is 2. The standard InChI is InChI=1S/C24H26N2O4S/c1-18-8-14-23(15-9-18)31(28,29)26-17-16-25-24(27)19(2)30-22-12-10-21(11-13-22)20-6-4-3-5-7-20/h3-15,19,26H,16-17H2,1-2H3,(H,25,27). The van der Waals surface area contributed by atoms with Crippen LogP contribution in [0.2, 0.25) is 0 Å². The van der Waals surface area contributed by atoms with Crippen LogP contribution in [0.5, 0.6) is 5.75 Å². The second kappa shape index (κ2) is 10.2. The first-order chi connectivity index (χ1) is 14.8. The quantitative estimate of drug-likeness (QED) is 0.501. The van der Waals surface area contributed by atoms with Gasteiger partial charge in [0.2, 0.25) is 10.0 Å². The topological polar surface area (TPSA) is 84.5 Å². The van der Waals surface area contributed by atoms with E-state index in [0.717, 1.165) is 16.7 Å². The van der Waals surface area contributed by atoms with Gasteiger partial charge in [0, 0.05) is 13.1 Å². The third-order valence-electron chi connectivity index (χ3n) is 4.69. The minimum absolute atomic E-state index is 0.0838. The Hall–Kier alpha value is -3.16. The number of carbonyl (C=O) groups excluding carboxylic acids is 1. The monoisotopic (exact) mass is 438 g/mol. The summed E-state index contributed by atoms with van der Waals surface area (Å²) in [5.41, 5.74) is 3.15. The van der Waals surface area contributed by atoms with E-state index < -0.39 is 16.1 Å². The fourth-order valence-electron chi connectivity index (χ4n) is 2.93. The zero-order chi connectivity index (χ0) is 22.3. The van der Waals surface area contributed by atoms with Crippen LogP contribution >= 0.6 is 0 Å². The maximum absolute atomic E-state index is 12.3. The molecular formula is C24H26N2O4S. The minimum atomic E-state index is -3.60. The van der Waals surface area contributed by atoms with Crippen molar-refractivity contribution < 1.29 is 17.9 Å². The third-order valence-corrected chi connectivity index (χ3v) is 6.17. The smallest absolute Gasteiger partial charge is 0.260 e. The summed E-state index contributed by atoms with van der Waals surface area (Å²) in [6, 6.07) is 24.1. The van der Waals surface area contributed by atoms with Crippen LogP contribution in [0.1, 0.15) is 12.5 Å². The molecular weight excluding hydrogens is 412 g/mol. The second-order valence-corrected chi connectivity index (χ2v) is 8.92. The van der Waals surface area contributed by atoms with E-state index in [9.17, 15) is 13.2 Å². The van der Waals surface area contributed by atoms with E-state index in [4.69, 9.17) is 4.74 Å². The molecule has 1 amide bonds. The van der Waals surface area contributed by atoms with Crippen molar-refractivity contribution in [1.29, 1.82) is 0 Å². The van der Waals surface area contributed by atoms with Crippen LogP contribution < -0.4 is 14.8 Å². The summed E-state index contributed by atoms with van der Waals surface area (Å²) >= 11 is 0. The maximum atomic E-state index is 12.3. The van der Waals surface area contributed by atoms with Gasteiger partial charge in [0.25, 0.3) is 5.91 Å². The molecule has 0 aromatic heterocycles. The van der Waals surface area contributed by atoms with Gasteiger partial charge in [-0.2, -0.15) is 0 Å². The van der Waals surface area contributed by atoms with Gasteiger partial charge >= 0.3 is 0 Å². The molecule has 0 heterocycles. The lowest BCUT2D eigenvalue weighted by atomic mass is 10.1. The molecule has 31 heavy (non-hydrogen) atoms. The summed E-state index contributed by atoms with van der Waals surface area (Å²) in [6.45, 7) is 3.78. The Morgan fingerprint density at radius 3 is 2.13 bits per heavy atom. The van der Waals surface area contributed by atoms with Gasteiger partial charge < -0.3 is 10.1 Å². The third kappa shape index (κ3) is 6.41. The van der Waals surface area contributed by atoms with Crippen molar-refractivity contribution in [3.63, 3.8) is 0 Å². The molecule has 162 valence electrons. The summed E-state index contributed by atoms with van der Waals surface area (Å²) < 4.78 is 32.7. The van der Waals surface area contributed by atoms with Gasteiger partial charge in [-0.25, -0.2) is 13.1 Å². The number of benzene rings is 3. The fourth-order valence-corrected chi connectivity index (χ4v) is 3.96. The zero-order valence-corrected chi connectivity index (χ0v) is 18.4. The molecule has 0 bridgehead atoms. The molecule has 1 atom stereocenters. The number of hydrogen-bond acceptors (Lipinski definition) is 4. The van der Waals surface area contributed by atoms with Crippen molar-refractivity contribution in [2.45, 2.75) is 24.8 Å². The van der Waals surface area contributed by atoms with Crippen LogP contribution in [-0.2, 0) is 14.8 Å². The highest BCUT2D eigenvalue weighted by atomic mass is 32.2. The average Bonchev–Trinajstić information content (AvgIpc) is 2.78. The lowest BCUT2D eigenvalue weighted by molar-refractivity contribution is -0.127. The van der Waals surface area contributed by atoms with Crippen molar-refractivity contribution in [1.82, 2.24) is 10.0 Å². The maximum Gasteiger partial charge on any atom is 0.260 e. The zero-order valence-electron chi connectivity index (χ0n) is 17.5. The number of ether oxygens (including phenoxy) is 1. The summed E-state index contributed by atoms with van der Waals surface area (Å²) in [4.78, 5) is 12.4. The highest BCUT2D eigenvalue weighted by Crippen LogP contribution is 2.22. The Morgan fingerprint density at radius 1 is 0.871 bits per heavy atom. The van der Waals surface area contributed by atoms with Crippen LogP contribution in [-0.4, -0.2) is 33.5 Å². The first kappa shape index (κ1) is 22.5. The highest BCUT2D eigenvalue weighted by Gasteiger charge is 2.16. The van der Waals surface area contributed by atoms with Crippen molar-refractivity contribution in [2.24, 2.45) is 0 Å². The van der Waals surface area contributed by atoms with E-state index in [0.29, 0.717) is 5.75 Å². The molecule has 0 radical (unpaired) electrons. The Bertz CT molecular complexity index is 1100. The molecule has 3 aromatic carbocycles. The molecule has 0 aliphatic rings. The second-order valence-electron chi connectivity index (χ2n) is 7.15. The Labute approximate surface area is 183 Å². The molecule has 2 N–H and O–H groups in total. The molecule has 0 aliphatic carbocycles. The van der Waals surface area contributed by atoms with E-state index in [1.165, 1.54) is 0 Å². The molecule has 0 fully saturated rings. The number of hydrogen-bond donors (Lipinski definition) is 2. The molecule has 0 spiro atoms. The molecule has 7 heteroatoms. The normalized spacial score (nSPS) is 12.2. The van der Waals surface area contributed by atoms with Crippen LogP contribution in [0.3, 0.4) is 0 Å². The Morgan fingerprint density at radius 2 is 1.48 bits per heavy atom. The van der Waals surface area contributed by atoms with E-state index >= 15 is 0 Å². The SMILES string of the molecule is Cc1ccc(S(=O)(=O)NCCNC(=O)C(C)Oc2ccc(-c3ccccc3)cc2)cc1. The molecule has 3 rings (SSSR count). The van der Waals surface area contributed by atoms with Gasteiger partial charge in [0.15, 0.2) is 6.10 Å². The minimum Gasteiger partial charge on any atom is -0.481 e. The largest absolute Gasteiger partial charge is 0.481 e. The molecule has 0 saturated heterocycles. The fraction of sp³-hybridized carbons (Fsp3) is 0.208. The van der Waals surface area contributed by atoms with Crippen molar-refractivity contribution >= 4 is 15.9 Å².